The molecule has 0 bridgehead atoms. The lowest BCUT2D eigenvalue weighted by molar-refractivity contribution is -0.454. The molecule has 0 spiro atoms. The molecule has 2 fully saturated rings. The summed E-state index contributed by atoms with van der Waals surface area (Å²) in [6, 6.07) is 0. The van der Waals surface area contributed by atoms with Crippen molar-refractivity contribution in [2.24, 2.45) is 5.92 Å². The molecule has 0 amide bonds. The minimum absolute atomic E-state index is 0.455. The number of ether oxygens (including phenoxy) is 4. The molecule has 0 radical (unpaired) electrons. The molecule has 2 aliphatic rings. The van der Waals surface area contributed by atoms with Crippen molar-refractivity contribution in [3.63, 3.8) is 0 Å². The molecule has 1 saturated heterocycles. The predicted octanol–water partition coefficient (Wildman–Crippen LogP) is 2.71. The Bertz CT molecular complexity index is 259. The van der Waals surface area contributed by atoms with Crippen molar-refractivity contribution in [2.75, 3.05) is 27.9 Å². The van der Waals surface area contributed by atoms with E-state index in [1.54, 1.807) is 21.3 Å². The molecule has 1 aliphatic heterocycles. The molecule has 0 aromatic rings. The Balaban J connectivity index is 2.30. The number of hydrogen-bond donors (Lipinski definition) is 0. The number of hydrogen-bond acceptors (Lipinski definition) is 4. The van der Waals surface area contributed by atoms with E-state index in [1.807, 2.05) is 0 Å². The van der Waals surface area contributed by atoms with Gasteiger partial charge in [-0.1, -0.05) is 19.3 Å². The molecule has 0 aromatic heterocycles. The maximum Gasteiger partial charge on any atom is 0.313 e. The molecule has 0 N–H and O–H groups in total. The lowest BCUT2D eigenvalue weighted by Crippen LogP contribution is -2.65. The Labute approximate surface area is 110 Å². The monoisotopic (exact) mass is 258 g/mol. The Kier molecular flexibility index (Phi) is 4.64. The lowest BCUT2D eigenvalue weighted by atomic mass is 9.72. The third-order valence-corrected chi connectivity index (χ3v) is 4.67. The largest absolute Gasteiger partial charge is 0.369 e. The van der Waals surface area contributed by atoms with Gasteiger partial charge in [-0.3, -0.25) is 0 Å². The summed E-state index contributed by atoms with van der Waals surface area (Å²) in [5.41, 5.74) is -0.463. The van der Waals surface area contributed by atoms with Crippen LogP contribution in [0.1, 0.15) is 44.9 Å². The van der Waals surface area contributed by atoms with E-state index in [0.717, 1.165) is 12.8 Å². The molecular formula is C14H26O4. The second-order valence-corrected chi connectivity index (χ2v) is 5.34. The van der Waals surface area contributed by atoms with Crippen LogP contribution in [0, 0.1) is 5.92 Å². The number of rotatable bonds is 4. The average molecular weight is 258 g/mol. The van der Waals surface area contributed by atoms with Gasteiger partial charge < -0.3 is 18.9 Å². The van der Waals surface area contributed by atoms with Gasteiger partial charge in [0.25, 0.3) is 0 Å². The first kappa shape index (κ1) is 14.3. The molecule has 1 saturated carbocycles. The zero-order valence-corrected chi connectivity index (χ0v) is 11.9. The molecule has 4 heteroatoms. The smallest absolute Gasteiger partial charge is 0.313 e. The van der Waals surface area contributed by atoms with Gasteiger partial charge in [0.2, 0.25) is 0 Å². The molecule has 1 aliphatic carbocycles. The van der Waals surface area contributed by atoms with Crippen molar-refractivity contribution in [2.45, 2.75) is 56.5 Å². The molecule has 4 nitrogen and oxygen atoms in total. The molecule has 1 unspecified atom stereocenters. The van der Waals surface area contributed by atoms with Crippen LogP contribution in [-0.4, -0.2) is 39.5 Å². The van der Waals surface area contributed by atoms with Gasteiger partial charge in [-0.2, -0.15) is 0 Å². The van der Waals surface area contributed by atoms with E-state index in [9.17, 15) is 0 Å². The fraction of sp³-hybridized carbons (Fsp3) is 1.00. The van der Waals surface area contributed by atoms with Crippen molar-refractivity contribution in [1.29, 1.82) is 0 Å². The minimum Gasteiger partial charge on any atom is -0.369 e. The minimum atomic E-state index is -1.04. The highest BCUT2D eigenvalue weighted by Crippen LogP contribution is 2.48. The third kappa shape index (κ3) is 2.09. The van der Waals surface area contributed by atoms with Crippen molar-refractivity contribution < 1.29 is 18.9 Å². The van der Waals surface area contributed by atoms with Crippen LogP contribution in [0.25, 0.3) is 0 Å². The van der Waals surface area contributed by atoms with Crippen LogP contribution in [0.15, 0.2) is 0 Å². The van der Waals surface area contributed by atoms with Crippen LogP contribution in [0.4, 0.5) is 0 Å². The van der Waals surface area contributed by atoms with Crippen LogP contribution in [0.5, 0.6) is 0 Å². The first-order valence-electron chi connectivity index (χ1n) is 7.04. The normalized spacial score (nSPS) is 33.5. The van der Waals surface area contributed by atoms with Gasteiger partial charge in [0.15, 0.2) is 5.60 Å². The maximum atomic E-state index is 5.94. The highest BCUT2D eigenvalue weighted by molar-refractivity contribution is 4.99. The van der Waals surface area contributed by atoms with E-state index in [0.29, 0.717) is 12.5 Å². The van der Waals surface area contributed by atoms with Crippen molar-refractivity contribution in [1.82, 2.24) is 0 Å². The summed E-state index contributed by atoms with van der Waals surface area (Å²) in [5.74, 6) is -0.585. The van der Waals surface area contributed by atoms with E-state index in [2.05, 4.69) is 0 Å². The SMILES string of the molecule is COC1(OC)OCCCC1(OC)C1CCCCC1. The molecule has 2 rings (SSSR count). The zero-order chi connectivity index (χ0) is 13.1. The quantitative estimate of drug-likeness (QED) is 0.727. The first-order chi connectivity index (χ1) is 8.74. The van der Waals surface area contributed by atoms with E-state index in [4.69, 9.17) is 18.9 Å². The fourth-order valence-corrected chi connectivity index (χ4v) is 3.78. The van der Waals surface area contributed by atoms with Gasteiger partial charge in [0, 0.05) is 21.3 Å². The van der Waals surface area contributed by atoms with Gasteiger partial charge >= 0.3 is 5.97 Å². The third-order valence-electron chi connectivity index (χ3n) is 4.67. The maximum absolute atomic E-state index is 5.94. The van der Waals surface area contributed by atoms with Crippen LogP contribution in [-0.2, 0) is 18.9 Å². The summed E-state index contributed by atoms with van der Waals surface area (Å²) in [4.78, 5) is 0. The first-order valence-corrected chi connectivity index (χ1v) is 7.04. The predicted molar refractivity (Wildman–Crippen MR) is 68.3 cm³/mol. The molecule has 106 valence electrons. The van der Waals surface area contributed by atoms with Gasteiger partial charge in [0.1, 0.15) is 0 Å². The molecule has 1 heterocycles. The van der Waals surface area contributed by atoms with Gasteiger partial charge in [-0.05, 0) is 31.6 Å². The molecule has 18 heavy (non-hydrogen) atoms. The Hall–Kier alpha value is -0.160. The van der Waals surface area contributed by atoms with E-state index < -0.39 is 11.6 Å². The Morgan fingerprint density at radius 1 is 0.889 bits per heavy atom. The van der Waals surface area contributed by atoms with Gasteiger partial charge in [-0.25, -0.2) is 0 Å². The fourth-order valence-electron chi connectivity index (χ4n) is 3.78. The zero-order valence-electron chi connectivity index (χ0n) is 11.9. The summed E-state index contributed by atoms with van der Waals surface area (Å²) in [7, 11) is 5.05. The van der Waals surface area contributed by atoms with Gasteiger partial charge in [0.05, 0.1) is 6.61 Å². The van der Waals surface area contributed by atoms with Crippen LogP contribution in [0.3, 0.4) is 0 Å². The summed E-state index contributed by atoms with van der Waals surface area (Å²) in [6.07, 6.45) is 8.13. The standard InChI is InChI=1S/C14H26O4/c1-15-13(12-8-5-4-6-9-12)10-7-11-18-14(13,16-2)17-3/h12H,4-11H2,1-3H3. The average Bonchev–Trinajstić information content (AvgIpc) is 2.47. The molecule has 0 aromatic carbocycles. The van der Waals surface area contributed by atoms with Crippen LogP contribution < -0.4 is 0 Å². The van der Waals surface area contributed by atoms with E-state index in [-0.39, 0.29) is 0 Å². The Morgan fingerprint density at radius 3 is 2.11 bits per heavy atom. The van der Waals surface area contributed by atoms with Crippen molar-refractivity contribution >= 4 is 0 Å². The highest BCUT2D eigenvalue weighted by atomic mass is 16.9. The highest BCUT2D eigenvalue weighted by Gasteiger charge is 2.60. The summed E-state index contributed by atoms with van der Waals surface area (Å²) < 4.78 is 23.0. The topological polar surface area (TPSA) is 36.9 Å². The van der Waals surface area contributed by atoms with Crippen molar-refractivity contribution in [3.05, 3.63) is 0 Å². The summed E-state index contributed by atoms with van der Waals surface area (Å²) in [5, 5.41) is 0. The van der Waals surface area contributed by atoms with Crippen LogP contribution >= 0.6 is 0 Å². The summed E-state index contributed by atoms with van der Waals surface area (Å²) >= 11 is 0. The second-order valence-electron chi connectivity index (χ2n) is 5.34. The Morgan fingerprint density at radius 2 is 1.56 bits per heavy atom. The number of methoxy groups -OCH3 is 3. The van der Waals surface area contributed by atoms with E-state index >= 15 is 0 Å². The van der Waals surface area contributed by atoms with Gasteiger partial charge in [-0.15, -0.1) is 0 Å². The van der Waals surface area contributed by atoms with Crippen molar-refractivity contribution in [3.8, 4) is 0 Å². The lowest BCUT2D eigenvalue weighted by Gasteiger charge is -2.53. The van der Waals surface area contributed by atoms with E-state index in [1.165, 1.54) is 32.1 Å². The molecule has 1 atom stereocenters. The molecular weight excluding hydrogens is 232 g/mol. The second kappa shape index (κ2) is 5.87. The summed E-state index contributed by atoms with van der Waals surface area (Å²) in [6.45, 7) is 0.666. The van der Waals surface area contributed by atoms with Crippen LogP contribution in [0.2, 0.25) is 0 Å².